The lowest BCUT2D eigenvalue weighted by atomic mass is 10.1. The molecule has 1 unspecified atom stereocenters. The number of nitrogens with zero attached hydrogens (tertiary/aromatic N) is 1. The number of halogens is 2. The summed E-state index contributed by atoms with van der Waals surface area (Å²) in [5.74, 6) is -0.306. The molecule has 1 atom stereocenters. The van der Waals surface area contributed by atoms with Crippen molar-refractivity contribution < 1.29 is 9.13 Å². The maximum absolute atomic E-state index is 13.9. The van der Waals surface area contributed by atoms with Crippen LogP contribution in [0.4, 0.5) is 4.39 Å². The summed E-state index contributed by atoms with van der Waals surface area (Å²) in [5, 5.41) is 12.0. The van der Waals surface area contributed by atoms with Crippen LogP contribution in [0.2, 0.25) is 0 Å². The van der Waals surface area contributed by atoms with Crippen LogP contribution in [0.25, 0.3) is 0 Å². The molecule has 1 aliphatic rings. The molecule has 17 heavy (non-hydrogen) atoms. The first-order valence-electron chi connectivity index (χ1n) is 5.48. The molecule has 1 aliphatic heterocycles. The third-order valence-corrected chi connectivity index (χ3v) is 3.49. The Bertz CT molecular complexity index is 453. The fourth-order valence-electron chi connectivity index (χ4n) is 1.81. The molecule has 0 aromatic heterocycles. The van der Waals surface area contributed by atoms with Gasteiger partial charge in [0, 0.05) is 6.54 Å². The summed E-state index contributed by atoms with van der Waals surface area (Å²) in [6.45, 7) is 1.72. The maximum atomic E-state index is 13.9. The molecule has 1 saturated heterocycles. The molecule has 1 aromatic carbocycles. The van der Waals surface area contributed by atoms with Crippen molar-refractivity contribution in [2.45, 2.75) is 18.9 Å². The van der Waals surface area contributed by atoms with Gasteiger partial charge in [-0.15, -0.1) is 0 Å². The highest BCUT2D eigenvalue weighted by Gasteiger charge is 2.18. The Labute approximate surface area is 108 Å². The van der Waals surface area contributed by atoms with Gasteiger partial charge in [-0.2, -0.15) is 5.26 Å². The van der Waals surface area contributed by atoms with Crippen LogP contribution >= 0.6 is 15.9 Å². The zero-order chi connectivity index (χ0) is 12.3. The van der Waals surface area contributed by atoms with Crippen molar-refractivity contribution in [2.75, 3.05) is 13.1 Å². The molecule has 3 nitrogen and oxygen atoms in total. The summed E-state index contributed by atoms with van der Waals surface area (Å²) in [7, 11) is 0. The molecule has 0 saturated carbocycles. The molecule has 90 valence electrons. The molecular weight excluding hydrogens is 287 g/mol. The number of nitriles is 1. The molecular formula is C12H12BrFN2O. The molecule has 1 fully saturated rings. The normalized spacial score (nSPS) is 19.7. The Morgan fingerprint density at radius 3 is 3.00 bits per heavy atom. The average molecular weight is 299 g/mol. The average Bonchev–Trinajstić information content (AvgIpc) is 2.37. The fraction of sp³-hybridized carbons (Fsp3) is 0.417. The summed E-state index contributed by atoms with van der Waals surface area (Å²) in [5.41, 5.74) is 0.275. The topological polar surface area (TPSA) is 45.0 Å². The van der Waals surface area contributed by atoms with Crippen LogP contribution in [0, 0.1) is 17.1 Å². The van der Waals surface area contributed by atoms with Gasteiger partial charge in [0.25, 0.3) is 0 Å². The smallest absolute Gasteiger partial charge is 0.180 e. The molecule has 0 aliphatic carbocycles. The predicted molar refractivity (Wildman–Crippen MR) is 65.3 cm³/mol. The molecule has 1 N–H and O–H groups in total. The van der Waals surface area contributed by atoms with Gasteiger partial charge in [-0.1, -0.05) is 0 Å². The van der Waals surface area contributed by atoms with E-state index >= 15 is 0 Å². The maximum Gasteiger partial charge on any atom is 0.180 e. The van der Waals surface area contributed by atoms with Gasteiger partial charge in [0.05, 0.1) is 10.0 Å². The van der Waals surface area contributed by atoms with Crippen molar-refractivity contribution in [3.63, 3.8) is 0 Å². The highest BCUT2D eigenvalue weighted by atomic mass is 79.9. The minimum absolute atomic E-state index is 0.00177. The van der Waals surface area contributed by atoms with Gasteiger partial charge in [0.15, 0.2) is 11.6 Å². The highest BCUT2D eigenvalue weighted by molar-refractivity contribution is 9.10. The fourth-order valence-corrected chi connectivity index (χ4v) is 2.23. The van der Waals surface area contributed by atoms with E-state index in [1.807, 2.05) is 6.07 Å². The number of rotatable bonds is 2. The summed E-state index contributed by atoms with van der Waals surface area (Å²) in [6.07, 6.45) is 1.95. The minimum Gasteiger partial charge on any atom is -0.486 e. The van der Waals surface area contributed by atoms with E-state index in [4.69, 9.17) is 10.00 Å². The first kappa shape index (κ1) is 12.3. The lowest BCUT2D eigenvalue weighted by molar-refractivity contribution is 0.160. The van der Waals surface area contributed by atoms with E-state index in [-0.39, 0.29) is 21.9 Å². The number of hydrogen-bond donors (Lipinski definition) is 1. The number of benzene rings is 1. The van der Waals surface area contributed by atoms with Gasteiger partial charge in [-0.05, 0) is 47.4 Å². The van der Waals surface area contributed by atoms with Crippen molar-refractivity contribution in [1.29, 1.82) is 5.26 Å². The second-order valence-corrected chi connectivity index (χ2v) is 4.73. The highest BCUT2D eigenvalue weighted by Crippen LogP contribution is 2.29. The Morgan fingerprint density at radius 2 is 2.35 bits per heavy atom. The predicted octanol–water partition coefficient (Wildman–Crippen LogP) is 2.59. The lowest BCUT2D eigenvalue weighted by Crippen LogP contribution is -2.37. The number of ether oxygens (including phenoxy) is 1. The van der Waals surface area contributed by atoms with Crippen LogP contribution in [0.15, 0.2) is 16.6 Å². The van der Waals surface area contributed by atoms with Gasteiger partial charge in [-0.3, -0.25) is 0 Å². The summed E-state index contributed by atoms with van der Waals surface area (Å²) in [6, 6.07) is 4.97. The second kappa shape index (κ2) is 5.48. The Morgan fingerprint density at radius 1 is 1.53 bits per heavy atom. The Hall–Kier alpha value is -1.12. The number of hydrogen-bond acceptors (Lipinski definition) is 3. The van der Waals surface area contributed by atoms with E-state index in [2.05, 4.69) is 21.2 Å². The van der Waals surface area contributed by atoms with Gasteiger partial charge < -0.3 is 10.1 Å². The van der Waals surface area contributed by atoms with Gasteiger partial charge in [0.1, 0.15) is 12.2 Å². The molecule has 2 rings (SSSR count). The lowest BCUT2D eigenvalue weighted by Gasteiger charge is -2.24. The third kappa shape index (κ3) is 2.76. The zero-order valence-electron chi connectivity index (χ0n) is 9.17. The summed E-state index contributed by atoms with van der Waals surface area (Å²) >= 11 is 3.06. The third-order valence-electron chi connectivity index (χ3n) is 2.71. The van der Waals surface area contributed by atoms with Crippen LogP contribution in [-0.4, -0.2) is 19.2 Å². The Kier molecular flexibility index (Phi) is 3.97. The van der Waals surface area contributed by atoms with Crippen LogP contribution in [-0.2, 0) is 0 Å². The van der Waals surface area contributed by atoms with E-state index in [9.17, 15) is 4.39 Å². The van der Waals surface area contributed by atoms with Crippen LogP contribution in [0.5, 0.6) is 5.75 Å². The Balaban J connectivity index is 2.16. The monoisotopic (exact) mass is 298 g/mol. The van der Waals surface area contributed by atoms with E-state index in [1.165, 1.54) is 6.07 Å². The molecule has 5 heteroatoms. The molecule has 0 bridgehead atoms. The van der Waals surface area contributed by atoms with E-state index < -0.39 is 5.82 Å². The largest absolute Gasteiger partial charge is 0.486 e. The quantitative estimate of drug-likeness (QED) is 0.913. The number of nitrogens with one attached hydrogen (secondary N) is 1. The first-order valence-corrected chi connectivity index (χ1v) is 6.27. The van der Waals surface area contributed by atoms with Crippen molar-refractivity contribution in [2.24, 2.45) is 0 Å². The van der Waals surface area contributed by atoms with Crippen LogP contribution in [0.1, 0.15) is 18.4 Å². The summed E-state index contributed by atoms with van der Waals surface area (Å²) < 4.78 is 19.6. The van der Waals surface area contributed by atoms with Crippen molar-refractivity contribution >= 4 is 15.9 Å². The molecule has 0 radical (unpaired) electrons. The van der Waals surface area contributed by atoms with Crippen LogP contribution < -0.4 is 10.1 Å². The van der Waals surface area contributed by atoms with Crippen molar-refractivity contribution in [3.05, 3.63) is 28.0 Å². The molecule has 1 aromatic rings. The van der Waals surface area contributed by atoms with Gasteiger partial charge in [0.2, 0.25) is 0 Å². The standard InChI is InChI=1S/C12H12BrFN2O/c13-11-8(6-15)3-4-10(12(11)14)17-9-2-1-5-16-7-9/h3-4,9,16H,1-2,5,7H2. The zero-order valence-corrected chi connectivity index (χ0v) is 10.8. The van der Waals surface area contributed by atoms with E-state index in [0.29, 0.717) is 0 Å². The molecule has 0 amide bonds. The minimum atomic E-state index is -0.505. The van der Waals surface area contributed by atoms with Gasteiger partial charge in [-0.25, -0.2) is 4.39 Å². The molecule has 0 spiro atoms. The summed E-state index contributed by atoms with van der Waals surface area (Å²) in [4.78, 5) is 0. The van der Waals surface area contributed by atoms with Crippen molar-refractivity contribution in [3.8, 4) is 11.8 Å². The van der Waals surface area contributed by atoms with Crippen molar-refractivity contribution in [1.82, 2.24) is 5.32 Å². The van der Waals surface area contributed by atoms with E-state index in [1.54, 1.807) is 6.07 Å². The van der Waals surface area contributed by atoms with E-state index in [0.717, 1.165) is 25.9 Å². The van der Waals surface area contributed by atoms with Crippen LogP contribution in [0.3, 0.4) is 0 Å². The SMILES string of the molecule is N#Cc1ccc(OC2CCCNC2)c(F)c1Br. The second-order valence-electron chi connectivity index (χ2n) is 3.94. The number of piperidine rings is 1. The molecule has 1 heterocycles. The van der Waals surface area contributed by atoms with Gasteiger partial charge >= 0.3 is 0 Å². The first-order chi connectivity index (χ1) is 8.22.